The number of hydrogen-bond donors (Lipinski definition) is 1. The average Bonchev–Trinajstić information content (AvgIpc) is 3.06. The molecule has 1 aromatic heterocycles. The molecule has 0 unspecified atom stereocenters. The van der Waals surface area contributed by atoms with Crippen LogP contribution >= 0.6 is 46.9 Å². The van der Waals surface area contributed by atoms with Gasteiger partial charge >= 0.3 is 0 Å². The fourth-order valence-corrected chi connectivity index (χ4v) is 4.31. The normalized spacial score (nSPS) is 16.0. The summed E-state index contributed by atoms with van der Waals surface area (Å²) in [7, 11) is 0. The second-order valence-corrected chi connectivity index (χ2v) is 7.72. The third-order valence-electron chi connectivity index (χ3n) is 2.97. The zero-order chi connectivity index (χ0) is 16.6. The molecule has 0 atom stereocenters. The lowest BCUT2D eigenvalue weighted by Crippen LogP contribution is -2.17. The van der Waals surface area contributed by atoms with E-state index in [0.29, 0.717) is 19.8 Å². The van der Waals surface area contributed by atoms with Crippen molar-refractivity contribution in [3.63, 3.8) is 0 Å². The number of amides is 1. The van der Waals surface area contributed by atoms with Crippen molar-refractivity contribution in [2.45, 2.75) is 0 Å². The van der Waals surface area contributed by atoms with Crippen molar-refractivity contribution in [3.8, 4) is 10.4 Å². The number of carbonyl (C=O) groups is 1. The Kier molecular flexibility index (Phi) is 4.49. The van der Waals surface area contributed by atoms with Crippen molar-refractivity contribution in [3.05, 3.63) is 55.3 Å². The Balaban J connectivity index is 1.95. The third kappa shape index (κ3) is 3.45. The average molecular weight is 383 g/mol. The lowest BCUT2D eigenvalue weighted by molar-refractivity contribution is -0.384. The van der Waals surface area contributed by atoms with Crippen LogP contribution in [0.1, 0.15) is 4.88 Å². The van der Waals surface area contributed by atoms with Gasteiger partial charge in [0.2, 0.25) is 0 Å². The molecule has 1 aromatic carbocycles. The van der Waals surface area contributed by atoms with Crippen LogP contribution in [0.5, 0.6) is 0 Å². The Hall–Kier alpha value is -1.74. The molecule has 1 fully saturated rings. The number of hydrogen-bond acceptors (Lipinski definition) is 6. The van der Waals surface area contributed by atoms with Gasteiger partial charge in [0.15, 0.2) is 0 Å². The molecule has 1 aliphatic heterocycles. The summed E-state index contributed by atoms with van der Waals surface area (Å²) in [6.07, 6.45) is 1.73. The largest absolute Gasteiger partial charge is 0.307 e. The number of benzene rings is 1. The molecule has 1 N–H and O–H groups in total. The molecule has 9 heteroatoms. The maximum absolute atomic E-state index is 11.7. The summed E-state index contributed by atoms with van der Waals surface area (Å²) < 4.78 is 0.430. The van der Waals surface area contributed by atoms with Crippen molar-refractivity contribution in [2.24, 2.45) is 0 Å². The standard InChI is InChI=1S/C14H7ClN2O3S3/c15-10-3-1-7(17(19)20)5-9(10)11-4-2-8(22-11)6-12-13(18)16-14(21)23-12/h1-6H,(H,16,18,21). The predicted octanol–water partition coefficient (Wildman–Crippen LogP) is 4.47. The number of nitrogens with zero attached hydrogens (tertiary/aromatic N) is 1. The van der Waals surface area contributed by atoms with Gasteiger partial charge in [0.05, 0.1) is 9.83 Å². The quantitative estimate of drug-likeness (QED) is 0.367. The zero-order valence-corrected chi connectivity index (χ0v) is 14.4. The minimum absolute atomic E-state index is 0.0196. The Morgan fingerprint density at radius 1 is 1.30 bits per heavy atom. The lowest BCUT2D eigenvalue weighted by atomic mass is 10.1. The highest BCUT2D eigenvalue weighted by Gasteiger charge is 2.22. The van der Waals surface area contributed by atoms with Crippen LogP contribution in [0.25, 0.3) is 16.5 Å². The monoisotopic (exact) mass is 382 g/mol. The number of nitro groups is 1. The van der Waals surface area contributed by atoms with Crippen molar-refractivity contribution in [1.82, 2.24) is 5.32 Å². The maximum atomic E-state index is 11.7. The summed E-state index contributed by atoms with van der Waals surface area (Å²) in [5, 5.41) is 13.9. The van der Waals surface area contributed by atoms with Gasteiger partial charge in [-0.15, -0.1) is 11.3 Å². The van der Waals surface area contributed by atoms with Gasteiger partial charge in [-0.05, 0) is 24.3 Å². The molecule has 2 aromatic rings. The van der Waals surface area contributed by atoms with Gasteiger partial charge < -0.3 is 5.32 Å². The minimum atomic E-state index is -0.462. The number of nitrogens with one attached hydrogen (secondary N) is 1. The molecule has 1 aliphatic rings. The summed E-state index contributed by atoms with van der Waals surface area (Å²) in [5.41, 5.74) is 0.573. The van der Waals surface area contributed by atoms with E-state index in [2.05, 4.69) is 5.32 Å². The number of rotatable bonds is 3. The number of nitro benzene ring substituents is 1. The van der Waals surface area contributed by atoms with Gasteiger partial charge in [-0.25, -0.2) is 0 Å². The topological polar surface area (TPSA) is 72.2 Å². The number of thiocarbonyl (C=S) groups is 1. The van der Waals surface area contributed by atoms with Crippen molar-refractivity contribution in [2.75, 3.05) is 0 Å². The Morgan fingerprint density at radius 3 is 2.74 bits per heavy atom. The van der Waals surface area contributed by atoms with E-state index >= 15 is 0 Å². The molecule has 1 amide bonds. The molecular weight excluding hydrogens is 376 g/mol. The fourth-order valence-electron chi connectivity index (χ4n) is 1.94. The molecule has 2 heterocycles. The van der Waals surface area contributed by atoms with Gasteiger partial charge in [-0.1, -0.05) is 35.6 Å². The van der Waals surface area contributed by atoms with Crippen LogP contribution in [0.3, 0.4) is 0 Å². The van der Waals surface area contributed by atoms with Crippen LogP contribution in [0.4, 0.5) is 5.69 Å². The smallest absolute Gasteiger partial charge is 0.270 e. The summed E-state index contributed by atoms with van der Waals surface area (Å²) in [5.74, 6) is -0.219. The molecule has 116 valence electrons. The molecule has 1 saturated heterocycles. The summed E-state index contributed by atoms with van der Waals surface area (Å²) in [6.45, 7) is 0. The first kappa shape index (κ1) is 16.1. The van der Waals surface area contributed by atoms with Crippen LogP contribution in [0.2, 0.25) is 5.02 Å². The SMILES string of the molecule is O=C1NC(=S)SC1=Cc1ccc(-c2cc([N+](=O)[O-])ccc2Cl)s1. The first-order valence-corrected chi connectivity index (χ1v) is 8.65. The van der Waals surface area contributed by atoms with E-state index in [-0.39, 0.29) is 11.6 Å². The van der Waals surface area contributed by atoms with E-state index in [1.165, 1.54) is 41.3 Å². The minimum Gasteiger partial charge on any atom is -0.307 e. The van der Waals surface area contributed by atoms with E-state index < -0.39 is 4.92 Å². The molecule has 3 rings (SSSR count). The molecule has 0 spiro atoms. The summed E-state index contributed by atoms with van der Waals surface area (Å²) in [6, 6.07) is 7.96. The fraction of sp³-hybridized carbons (Fsp3) is 0. The molecule has 0 bridgehead atoms. The van der Waals surface area contributed by atoms with Gasteiger partial charge in [0.25, 0.3) is 11.6 Å². The second kappa shape index (κ2) is 6.40. The second-order valence-electron chi connectivity index (χ2n) is 4.48. The Morgan fingerprint density at radius 2 is 2.09 bits per heavy atom. The highest BCUT2D eigenvalue weighted by atomic mass is 35.5. The van der Waals surface area contributed by atoms with E-state index in [9.17, 15) is 14.9 Å². The first-order valence-electron chi connectivity index (χ1n) is 6.23. The molecule has 5 nitrogen and oxygen atoms in total. The molecule has 0 aliphatic carbocycles. The summed E-state index contributed by atoms with van der Waals surface area (Å²) in [4.78, 5) is 24.2. The van der Waals surface area contributed by atoms with Crippen molar-refractivity contribution >= 4 is 68.9 Å². The molecular formula is C14H7ClN2O3S3. The van der Waals surface area contributed by atoms with Crippen molar-refractivity contribution < 1.29 is 9.72 Å². The van der Waals surface area contributed by atoms with E-state index in [4.69, 9.17) is 23.8 Å². The third-order valence-corrected chi connectivity index (χ3v) is 5.53. The maximum Gasteiger partial charge on any atom is 0.270 e. The van der Waals surface area contributed by atoms with Crippen molar-refractivity contribution in [1.29, 1.82) is 0 Å². The number of non-ortho nitro benzene ring substituents is 1. The van der Waals surface area contributed by atoms with E-state index in [0.717, 1.165) is 9.75 Å². The van der Waals surface area contributed by atoms with Crippen LogP contribution in [-0.4, -0.2) is 15.2 Å². The van der Waals surface area contributed by atoms with Crippen LogP contribution < -0.4 is 5.32 Å². The van der Waals surface area contributed by atoms with E-state index in [1.807, 2.05) is 12.1 Å². The number of thiophene rings is 1. The summed E-state index contributed by atoms with van der Waals surface area (Å²) >= 11 is 13.7. The zero-order valence-electron chi connectivity index (χ0n) is 11.2. The molecule has 23 heavy (non-hydrogen) atoms. The van der Waals surface area contributed by atoms with Gasteiger partial charge in [-0.3, -0.25) is 14.9 Å². The highest BCUT2D eigenvalue weighted by molar-refractivity contribution is 8.26. The van der Waals surface area contributed by atoms with Crippen LogP contribution in [0.15, 0.2) is 35.2 Å². The van der Waals surface area contributed by atoms with Crippen LogP contribution in [0, 0.1) is 10.1 Å². The van der Waals surface area contributed by atoms with Gasteiger partial charge in [0.1, 0.15) is 4.32 Å². The number of thioether (sulfide) groups is 1. The Bertz CT molecular complexity index is 876. The van der Waals surface area contributed by atoms with Gasteiger partial charge in [0, 0.05) is 32.5 Å². The first-order chi connectivity index (χ1) is 10.9. The number of carbonyl (C=O) groups excluding carboxylic acids is 1. The lowest BCUT2D eigenvalue weighted by Gasteiger charge is -2.01. The predicted molar refractivity (Wildman–Crippen MR) is 97.7 cm³/mol. The highest BCUT2D eigenvalue weighted by Crippen LogP contribution is 2.37. The number of halogens is 1. The molecule has 0 saturated carbocycles. The van der Waals surface area contributed by atoms with Gasteiger partial charge in [-0.2, -0.15) is 0 Å². The Labute approximate surface area is 149 Å². The van der Waals surface area contributed by atoms with E-state index in [1.54, 1.807) is 6.08 Å². The molecule has 0 radical (unpaired) electrons. The van der Waals surface area contributed by atoms with Crippen LogP contribution in [-0.2, 0) is 4.79 Å².